The minimum absolute atomic E-state index is 0.586. The third kappa shape index (κ3) is 7.38. The fourth-order valence-corrected chi connectivity index (χ4v) is 2.52. The van der Waals surface area contributed by atoms with Crippen LogP contribution in [0.1, 0.15) is 50.5 Å². The Labute approximate surface area is 136 Å². The van der Waals surface area contributed by atoms with Crippen molar-refractivity contribution in [1.29, 1.82) is 5.26 Å². The number of nitriles is 1. The van der Waals surface area contributed by atoms with E-state index in [1.807, 2.05) is 0 Å². The minimum Gasteiger partial charge on any atom is -0.493 e. The van der Waals surface area contributed by atoms with E-state index in [0.717, 1.165) is 11.8 Å². The molecule has 1 rings (SSSR count). The van der Waals surface area contributed by atoms with Crippen molar-refractivity contribution < 1.29 is 9.47 Å². The van der Waals surface area contributed by atoms with Crippen LogP contribution in [0.15, 0.2) is 18.2 Å². The summed E-state index contributed by atoms with van der Waals surface area (Å²) >= 11 is 3.45. The van der Waals surface area contributed by atoms with E-state index >= 15 is 0 Å². The quantitative estimate of drug-likeness (QED) is 0.411. The van der Waals surface area contributed by atoms with Crippen molar-refractivity contribution in [2.24, 2.45) is 0 Å². The van der Waals surface area contributed by atoms with Gasteiger partial charge in [-0.05, 0) is 25.0 Å². The summed E-state index contributed by atoms with van der Waals surface area (Å²) in [6, 6.07) is 7.36. The highest BCUT2D eigenvalue weighted by Gasteiger charge is 2.05. The third-order valence-electron chi connectivity index (χ3n) is 3.33. The molecule has 0 aliphatic heterocycles. The van der Waals surface area contributed by atoms with E-state index in [2.05, 4.69) is 22.0 Å². The second-order valence-corrected chi connectivity index (χ2v) is 5.78. The summed E-state index contributed by atoms with van der Waals surface area (Å²) < 4.78 is 11.0. The Balaban J connectivity index is 2.17. The fraction of sp³-hybridized carbons (Fsp3) is 0.588. The highest BCUT2D eigenvalue weighted by molar-refractivity contribution is 9.09. The van der Waals surface area contributed by atoms with E-state index in [1.54, 1.807) is 25.3 Å². The number of alkyl halides is 1. The smallest absolute Gasteiger partial charge is 0.162 e. The van der Waals surface area contributed by atoms with E-state index < -0.39 is 0 Å². The Hall–Kier alpha value is -1.21. The molecule has 0 atom stereocenters. The molecule has 4 heteroatoms. The molecular weight excluding hydrogens is 330 g/mol. The first-order valence-electron chi connectivity index (χ1n) is 7.58. The van der Waals surface area contributed by atoms with Gasteiger partial charge in [0.1, 0.15) is 0 Å². The number of hydrogen-bond acceptors (Lipinski definition) is 3. The van der Waals surface area contributed by atoms with E-state index in [9.17, 15) is 0 Å². The molecule has 0 spiro atoms. The highest BCUT2D eigenvalue weighted by atomic mass is 79.9. The number of methoxy groups -OCH3 is 1. The van der Waals surface area contributed by atoms with Crippen LogP contribution in [0, 0.1) is 11.3 Å². The molecule has 0 radical (unpaired) electrons. The summed E-state index contributed by atoms with van der Waals surface area (Å²) in [4.78, 5) is 0. The van der Waals surface area contributed by atoms with Gasteiger partial charge in [-0.1, -0.05) is 48.0 Å². The Bertz CT molecular complexity index is 443. The van der Waals surface area contributed by atoms with Gasteiger partial charge in [0.05, 0.1) is 25.3 Å². The molecule has 3 nitrogen and oxygen atoms in total. The van der Waals surface area contributed by atoms with Crippen LogP contribution in [-0.4, -0.2) is 19.0 Å². The average Bonchev–Trinajstić information content (AvgIpc) is 2.53. The highest BCUT2D eigenvalue weighted by Crippen LogP contribution is 2.28. The van der Waals surface area contributed by atoms with Crippen molar-refractivity contribution in [3.8, 4) is 17.6 Å². The molecule has 116 valence electrons. The average molecular weight is 354 g/mol. The maximum absolute atomic E-state index is 8.85. The Morgan fingerprint density at radius 3 is 2.29 bits per heavy atom. The normalized spacial score (nSPS) is 10.1. The van der Waals surface area contributed by atoms with Gasteiger partial charge < -0.3 is 9.47 Å². The lowest BCUT2D eigenvalue weighted by atomic mass is 10.1. The molecule has 0 aliphatic rings. The molecule has 0 fully saturated rings. The molecule has 21 heavy (non-hydrogen) atoms. The SMILES string of the molecule is COc1cc(C#N)ccc1OCCCCCCCCCBr. The maximum atomic E-state index is 8.85. The van der Waals surface area contributed by atoms with Gasteiger partial charge in [0, 0.05) is 11.4 Å². The van der Waals surface area contributed by atoms with Crippen LogP contribution in [0.3, 0.4) is 0 Å². The van der Waals surface area contributed by atoms with Gasteiger partial charge in [-0.3, -0.25) is 0 Å². The first-order chi connectivity index (χ1) is 10.3. The lowest BCUT2D eigenvalue weighted by Crippen LogP contribution is -1.99. The maximum Gasteiger partial charge on any atom is 0.162 e. The largest absolute Gasteiger partial charge is 0.493 e. The molecule has 0 saturated carbocycles. The summed E-state index contributed by atoms with van der Waals surface area (Å²) in [5, 5.41) is 9.97. The van der Waals surface area contributed by atoms with Crippen molar-refractivity contribution in [2.75, 3.05) is 19.0 Å². The van der Waals surface area contributed by atoms with Crippen LogP contribution in [0.2, 0.25) is 0 Å². The number of hydrogen-bond donors (Lipinski definition) is 0. The van der Waals surface area contributed by atoms with Gasteiger partial charge in [-0.25, -0.2) is 0 Å². The van der Waals surface area contributed by atoms with Gasteiger partial charge in [-0.15, -0.1) is 0 Å². The van der Waals surface area contributed by atoms with Gasteiger partial charge >= 0.3 is 0 Å². The number of benzene rings is 1. The Kier molecular flexibility index (Phi) is 9.73. The molecule has 0 bridgehead atoms. The summed E-state index contributed by atoms with van der Waals surface area (Å²) in [7, 11) is 1.59. The molecule has 0 aromatic heterocycles. The third-order valence-corrected chi connectivity index (χ3v) is 3.89. The van der Waals surface area contributed by atoms with E-state index in [-0.39, 0.29) is 0 Å². The molecule has 0 aliphatic carbocycles. The number of halogens is 1. The zero-order chi connectivity index (χ0) is 15.3. The van der Waals surface area contributed by atoms with Crippen molar-refractivity contribution in [1.82, 2.24) is 0 Å². The standard InChI is InChI=1S/C17H24BrNO2/c1-20-17-13-15(14-19)9-10-16(17)21-12-8-6-4-2-3-5-7-11-18/h9-10,13H,2-8,11-12H2,1H3. The molecular formula is C17H24BrNO2. The minimum atomic E-state index is 0.586. The first kappa shape index (κ1) is 17.8. The fourth-order valence-electron chi connectivity index (χ4n) is 2.12. The number of unbranched alkanes of at least 4 members (excludes halogenated alkanes) is 6. The van der Waals surface area contributed by atoms with Gasteiger partial charge in [0.2, 0.25) is 0 Å². The predicted octanol–water partition coefficient (Wildman–Crippen LogP) is 5.07. The lowest BCUT2D eigenvalue weighted by molar-refractivity contribution is 0.284. The van der Waals surface area contributed by atoms with Crippen LogP contribution >= 0.6 is 15.9 Å². The second kappa shape index (κ2) is 11.4. The van der Waals surface area contributed by atoms with Crippen LogP contribution in [0.4, 0.5) is 0 Å². The lowest BCUT2D eigenvalue weighted by Gasteiger charge is -2.10. The molecule has 0 N–H and O–H groups in total. The van der Waals surface area contributed by atoms with E-state index in [0.29, 0.717) is 23.7 Å². The van der Waals surface area contributed by atoms with Crippen LogP contribution in [-0.2, 0) is 0 Å². The predicted molar refractivity (Wildman–Crippen MR) is 89.3 cm³/mol. The zero-order valence-electron chi connectivity index (χ0n) is 12.7. The van der Waals surface area contributed by atoms with Crippen molar-refractivity contribution in [2.45, 2.75) is 44.9 Å². The van der Waals surface area contributed by atoms with Crippen LogP contribution < -0.4 is 9.47 Å². The zero-order valence-corrected chi connectivity index (χ0v) is 14.3. The van der Waals surface area contributed by atoms with Gasteiger partial charge in [-0.2, -0.15) is 5.26 Å². The molecule has 1 aromatic carbocycles. The summed E-state index contributed by atoms with van der Waals surface area (Å²) in [5.41, 5.74) is 0.586. The van der Waals surface area contributed by atoms with Crippen molar-refractivity contribution >= 4 is 15.9 Å². The van der Waals surface area contributed by atoms with Crippen LogP contribution in [0.5, 0.6) is 11.5 Å². The molecule has 1 aromatic rings. The molecule has 0 unspecified atom stereocenters. The molecule has 0 heterocycles. The van der Waals surface area contributed by atoms with Crippen molar-refractivity contribution in [3.63, 3.8) is 0 Å². The van der Waals surface area contributed by atoms with Gasteiger partial charge in [0.15, 0.2) is 11.5 Å². The second-order valence-electron chi connectivity index (χ2n) is 4.99. The number of rotatable bonds is 11. The summed E-state index contributed by atoms with van der Waals surface area (Å²) in [6.45, 7) is 0.698. The number of nitrogens with zero attached hydrogens (tertiary/aromatic N) is 1. The molecule has 0 saturated heterocycles. The van der Waals surface area contributed by atoms with E-state index in [1.165, 1.54) is 38.5 Å². The Morgan fingerprint density at radius 1 is 1.00 bits per heavy atom. The van der Waals surface area contributed by atoms with Crippen LogP contribution in [0.25, 0.3) is 0 Å². The first-order valence-corrected chi connectivity index (χ1v) is 8.71. The van der Waals surface area contributed by atoms with Gasteiger partial charge in [0.25, 0.3) is 0 Å². The Morgan fingerprint density at radius 2 is 1.67 bits per heavy atom. The summed E-state index contributed by atoms with van der Waals surface area (Å²) in [5.74, 6) is 1.35. The topological polar surface area (TPSA) is 42.2 Å². The molecule has 0 amide bonds. The van der Waals surface area contributed by atoms with E-state index in [4.69, 9.17) is 14.7 Å². The van der Waals surface area contributed by atoms with Crippen molar-refractivity contribution in [3.05, 3.63) is 23.8 Å². The summed E-state index contributed by atoms with van der Waals surface area (Å²) in [6.07, 6.45) is 8.78. The number of ether oxygens (including phenoxy) is 2. The monoisotopic (exact) mass is 353 g/mol.